The van der Waals surface area contributed by atoms with Crippen molar-refractivity contribution in [2.45, 2.75) is 6.04 Å². The number of rotatable bonds is 5. The summed E-state index contributed by atoms with van der Waals surface area (Å²) in [5.74, 6) is 1.69. The lowest BCUT2D eigenvalue weighted by atomic mass is 9.97. The highest BCUT2D eigenvalue weighted by atomic mass is 32.1. The standard InChI is InChI=1S/C28H25N3O3S/c1-33-26-16-15-19(18-9-3-4-10-20(18)26)24-17-23(21-11-5-7-13-25(21)32)30-31(24)28(35)29-22-12-6-8-14-27(22)34-2/h3-17,24,30,32H,1-2H3,(H,29,35). The highest BCUT2D eigenvalue weighted by Crippen LogP contribution is 2.39. The number of aromatic hydroxyl groups is 1. The normalized spacial score (nSPS) is 14.9. The van der Waals surface area contributed by atoms with Gasteiger partial charge in [-0.25, -0.2) is 0 Å². The van der Waals surface area contributed by atoms with Gasteiger partial charge in [-0.1, -0.05) is 54.6 Å². The van der Waals surface area contributed by atoms with Gasteiger partial charge in [0.25, 0.3) is 0 Å². The van der Waals surface area contributed by atoms with Crippen LogP contribution in [0.25, 0.3) is 16.5 Å². The van der Waals surface area contributed by atoms with Crippen molar-refractivity contribution in [1.29, 1.82) is 0 Å². The van der Waals surface area contributed by atoms with Crippen molar-refractivity contribution >= 4 is 39.5 Å². The van der Waals surface area contributed by atoms with Crippen molar-refractivity contribution < 1.29 is 14.6 Å². The van der Waals surface area contributed by atoms with Gasteiger partial charge in [0.2, 0.25) is 0 Å². The van der Waals surface area contributed by atoms with Crippen molar-refractivity contribution in [3.05, 3.63) is 102 Å². The number of para-hydroxylation sites is 3. The number of ether oxygens (including phenoxy) is 2. The highest BCUT2D eigenvalue weighted by Gasteiger charge is 2.31. The van der Waals surface area contributed by atoms with E-state index >= 15 is 0 Å². The van der Waals surface area contributed by atoms with Crippen molar-refractivity contribution in [2.24, 2.45) is 0 Å². The van der Waals surface area contributed by atoms with Crippen LogP contribution in [0, 0.1) is 0 Å². The van der Waals surface area contributed by atoms with Gasteiger partial charge in [-0.05, 0) is 59.6 Å². The van der Waals surface area contributed by atoms with E-state index in [0.29, 0.717) is 16.4 Å². The van der Waals surface area contributed by atoms with Gasteiger partial charge in [0.05, 0.1) is 31.6 Å². The predicted octanol–water partition coefficient (Wildman–Crippen LogP) is 5.86. The fraction of sp³-hybridized carbons (Fsp3) is 0.107. The molecule has 4 aromatic rings. The Bertz CT molecular complexity index is 1440. The van der Waals surface area contributed by atoms with Gasteiger partial charge in [-0.15, -0.1) is 0 Å². The van der Waals surface area contributed by atoms with Crippen LogP contribution in [-0.2, 0) is 0 Å². The smallest absolute Gasteiger partial charge is 0.193 e. The van der Waals surface area contributed by atoms with Gasteiger partial charge in [-0.2, -0.15) is 0 Å². The number of fused-ring (bicyclic) bond motifs is 1. The Hall–Kier alpha value is -4.23. The number of anilines is 1. The van der Waals surface area contributed by atoms with Crippen LogP contribution >= 0.6 is 12.2 Å². The van der Waals surface area contributed by atoms with Gasteiger partial charge in [0.15, 0.2) is 5.11 Å². The van der Waals surface area contributed by atoms with E-state index in [9.17, 15) is 5.11 Å². The lowest BCUT2D eigenvalue weighted by molar-refractivity contribution is 0.348. The van der Waals surface area contributed by atoms with Crippen LogP contribution in [0.2, 0.25) is 0 Å². The second-order valence-corrected chi connectivity index (χ2v) is 8.44. The molecule has 1 heterocycles. The predicted molar refractivity (Wildman–Crippen MR) is 144 cm³/mol. The number of phenols is 1. The summed E-state index contributed by atoms with van der Waals surface area (Å²) in [6.07, 6.45) is 2.07. The summed E-state index contributed by atoms with van der Waals surface area (Å²) in [6.45, 7) is 0. The molecule has 0 aliphatic carbocycles. The maximum absolute atomic E-state index is 10.5. The molecule has 0 spiro atoms. The second-order valence-electron chi connectivity index (χ2n) is 8.06. The third-order valence-corrected chi connectivity index (χ3v) is 6.36. The van der Waals surface area contributed by atoms with Crippen LogP contribution in [0.15, 0.2) is 91.0 Å². The van der Waals surface area contributed by atoms with E-state index in [1.807, 2.05) is 65.7 Å². The number of hydrogen-bond acceptors (Lipinski definition) is 5. The van der Waals surface area contributed by atoms with Crippen LogP contribution in [0.1, 0.15) is 17.2 Å². The molecule has 176 valence electrons. The first kappa shape index (κ1) is 22.6. The zero-order valence-corrected chi connectivity index (χ0v) is 20.2. The van der Waals surface area contributed by atoms with Gasteiger partial charge in [0, 0.05) is 10.9 Å². The van der Waals surface area contributed by atoms with E-state index in [0.717, 1.165) is 33.5 Å². The molecule has 0 bridgehead atoms. The Kier molecular flexibility index (Phi) is 6.16. The third-order valence-electron chi connectivity index (χ3n) is 6.06. The fourth-order valence-electron chi connectivity index (χ4n) is 4.38. The number of nitrogens with one attached hydrogen (secondary N) is 2. The Labute approximate surface area is 209 Å². The quantitative estimate of drug-likeness (QED) is 0.307. The van der Waals surface area contributed by atoms with Crippen molar-refractivity contribution in [1.82, 2.24) is 10.4 Å². The number of hydrazine groups is 1. The summed E-state index contributed by atoms with van der Waals surface area (Å²) >= 11 is 5.86. The minimum Gasteiger partial charge on any atom is -0.507 e. The number of benzene rings is 4. The lowest BCUT2D eigenvalue weighted by Crippen LogP contribution is -2.42. The Morgan fingerprint density at radius 2 is 1.54 bits per heavy atom. The summed E-state index contributed by atoms with van der Waals surface area (Å²) in [5, 5.41) is 18.2. The number of hydrogen-bond donors (Lipinski definition) is 3. The molecule has 1 aliphatic rings. The monoisotopic (exact) mass is 483 g/mol. The molecule has 0 radical (unpaired) electrons. The van der Waals surface area contributed by atoms with Gasteiger partial charge < -0.3 is 19.9 Å². The Balaban J connectivity index is 1.60. The molecular formula is C28H25N3O3S. The Morgan fingerprint density at radius 1 is 0.857 bits per heavy atom. The van der Waals surface area contributed by atoms with Crippen molar-refractivity contribution in [3.8, 4) is 17.2 Å². The number of phenolic OH excluding ortho intramolecular Hbond substituents is 1. The lowest BCUT2D eigenvalue weighted by Gasteiger charge is -2.29. The van der Waals surface area contributed by atoms with Gasteiger partial charge in [-0.3, -0.25) is 10.4 Å². The van der Waals surface area contributed by atoms with Crippen LogP contribution in [0.4, 0.5) is 5.69 Å². The molecule has 0 saturated carbocycles. The molecule has 0 amide bonds. The van der Waals surface area contributed by atoms with Crippen LogP contribution in [-0.4, -0.2) is 29.4 Å². The third kappa shape index (κ3) is 4.22. The summed E-state index contributed by atoms with van der Waals surface area (Å²) in [5.41, 5.74) is 6.67. The zero-order valence-electron chi connectivity index (χ0n) is 19.4. The topological polar surface area (TPSA) is 66.0 Å². The summed E-state index contributed by atoms with van der Waals surface area (Å²) in [6, 6.07) is 26.8. The second kappa shape index (κ2) is 9.56. The molecule has 5 rings (SSSR count). The molecule has 35 heavy (non-hydrogen) atoms. The molecule has 6 nitrogen and oxygen atoms in total. The van der Waals surface area contributed by atoms with E-state index in [4.69, 9.17) is 21.7 Å². The molecular weight excluding hydrogens is 458 g/mol. The molecule has 3 N–H and O–H groups in total. The van der Waals surface area contributed by atoms with E-state index in [1.54, 1.807) is 26.4 Å². The van der Waals surface area contributed by atoms with E-state index in [2.05, 4.69) is 29.0 Å². The summed E-state index contributed by atoms with van der Waals surface area (Å²) < 4.78 is 11.1. The van der Waals surface area contributed by atoms with Crippen LogP contribution in [0.5, 0.6) is 17.2 Å². The SMILES string of the molecule is COc1ccccc1NC(=S)N1NC(c2ccccc2O)=CC1c1ccc(OC)c2ccccc12. The molecule has 7 heteroatoms. The van der Waals surface area contributed by atoms with E-state index in [1.165, 1.54) is 0 Å². The summed E-state index contributed by atoms with van der Waals surface area (Å²) in [4.78, 5) is 0. The first-order chi connectivity index (χ1) is 17.1. The maximum atomic E-state index is 10.5. The minimum absolute atomic E-state index is 0.190. The molecule has 0 aromatic heterocycles. The van der Waals surface area contributed by atoms with E-state index < -0.39 is 0 Å². The van der Waals surface area contributed by atoms with E-state index in [-0.39, 0.29) is 11.8 Å². The van der Waals surface area contributed by atoms with Crippen LogP contribution < -0.4 is 20.2 Å². The first-order valence-corrected chi connectivity index (χ1v) is 11.6. The maximum Gasteiger partial charge on any atom is 0.193 e. The molecule has 1 atom stereocenters. The average Bonchev–Trinajstić information content (AvgIpc) is 3.33. The highest BCUT2D eigenvalue weighted by molar-refractivity contribution is 7.80. The molecule has 0 saturated heterocycles. The molecule has 1 aliphatic heterocycles. The number of nitrogens with zero attached hydrogens (tertiary/aromatic N) is 1. The number of methoxy groups -OCH3 is 2. The van der Waals surface area contributed by atoms with Gasteiger partial charge >= 0.3 is 0 Å². The number of thiocarbonyl (C=S) groups is 1. The largest absolute Gasteiger partial charge is 0.507 e. The first-order valence-electron chi connectivity index (χ1n) is 11.2. The fourth-order valence-corrected chi connectivity index (χ4v) is 4.65. The van der Waals surface area contributed by atoms with Crippen LogP contribution in [0.3, 0.4) is 0 Å². The Morgan fingerprint density at radius 3 is 2.31 bits per heavy atom. The van der Waals surface area contributed by atoms with Crippen molar-refractivity contribution in [3.63, 3.8) is 0 Å². The average molecular weight is 484 g/mol. The molecule has 4 aromatic carbocycles. The van der Waals surface area contributed by atoms with Crippen molar-refractivity contribution in [2.75, 3.05) is 19.5 Å². The zero-order chi connectivity index (χ0) is 24.4. The summed E-state index contributed by atoms with van der Waals surface area (Å²) in [7, 11) is 3.30. The van der Waals surface area contributed by atoms with Gasteiger partial charge in [0.1, 0.15) is 17.2 Å². The minimum atomic E-state index is -0.255. The molecule has 0 fully saturated rings. The molecule has 1 unspecified atom stereocenters.